The molecule has 166 valence electrons. The lowest BCUT2D eigenvalue weighted by Crippen LogP contribution is -2.24. The van der Waals surface area contributed by atoms with Gasteiger partial charge in [0.15, 0.2) is 11.5 Å². The van der Waals surface area contributed by atoms with Gasteiger partial charge in [-0.2, -0.15) is 0 Å². The summed E-state index contributed by atoms with van der Waals surface area (Å²) < 4.78 is 21.4. The van der Waals surface area contributed by atoms with Gasteiger partial charge in [-0.15, -0.1) is 0 Å². The van der Waals surface area contributed by atoms with E-state index in [0.29, 0.717) is 25.3 Å². The lowest BCUT2D eigenvalue weighted by Gasteiger charge is -2.12. The fourth-order valence-corrected chi connectivity index (χ4v) is 3.46. The molecule has 1 heterocycles. The van der Waals surface area contributed by atoms with Crippen LogP contribution in [0, 0.1) is 0 Å². The molecule has 3 aromatic rings. The molecule has 0 aromatic heterocycles. The Morgan fingerprint density at radius 3 is 2.44 bits per heavy atom. The summed E-state index contributed by atoms with van der Waals surface area (Å²) in [6.07, 6.45) is 0.314. The van der Waals surface area contributed by atoms with Crippen molar-refractivity contribution in [1.29, 1.82) is 0 Å². The third-order valence-corrected chi connectivity index (χ3v) is 5.22. The number of benzene rings is 3. The molecule has 0 atom stereocenters. The number of amides is 1. The van der Waals surface area contributed by atoms with E-state index in [0.717, 1.165) is 39.6 Å². The molecule has 1 aliphatic rings. The highest BCUT2D eigenvalue weighted by atomic mass is 16.7. The maximum Gasteiger partial charge on any atom is 0.231 e. The van der Waals surface area contributed by atoms with E-state index in [-0.39, 0.29) is 12.7 Å². The Balaban J connectivity index is 1.27. The van der Waals surface area contributed by atoms with Gasteiger partial charge < -0.3 is 29.6 Å². The molecule has 0 saturated carbocycles. The quantitative estimate of drug-likeness (QED) is 0.532. The zero-order valence-electron chi connectivity index (χ0n) is 18.1. The fourth-order valence-electron chi connectivity index (χ4n) is 3.46. The molecule has 0 spiro atoms. The van der Waals surface area contributed by atoms with Crippen LogP contribution in [0.25, 0.3) is 0 Å². The van der Waals surface area contributed by atoms with E-state index >= 15 is 0 Å². The van der Waals surface area contributed by atoms with Crippen LogP contribution >= 0.6 is 0 Å². The molecule has 0 fully saturated rings. The predicted molar refractivity (Wildman–Crippen MR) is 121 cm³/mol. The summed E-state index contributed by atoms with van der Waals surface area (Å²) in [5.74, 6) is 2.99. The minimum absolute atomic E-state index is 0.0375. The Kier molecular flexibility index (Phi) is 6.65. The number of fused-ring (bicyclic) bond motifs is 1. The maximum absolute atomic E-state index is 12.3. The van der Waals surface area contributed by atoms with Gasteiger partial charge in [-0.1, -0.05) is 18.2 Å². The molecule has 32 heavy (non-hydrogen) atoms. The van der Waals surface area contributed by atoms with E-state index in [2.05, 4.69) is 10.6 Å². The van der Waals surface area contributed by atoms with Crippen molar-refractivity contribution in [2.24, 2.45) is 0 Å². The first-order valence-corrected chi connectivity index (χ1v) is 10.3. The highest BCUT2D eigenvalue weighted by Gasteiger charge is 2.13. The van der Waals surface area contributed by atoms with E-state index in [1.54, 1.807) is 14.2 Å². The molecule has 1 aliphatic heterocycles. The van der Waals surface area contributed by atoms with E-state index in [9.17, 15) is 4.79 Å². The summed E-state index contributed by atoms with van der Waals surface area (Å²) in [5, 5.41) is 6.32. The molecular formula is C25H26N2O5. The van der Waals surface area contributed by atoms with Crippen LogP contribution < -0.4 is 29.6 Å². The standard InChI is InChI=1S/C25H26N2O5/c1-29-21-8-10-22(30-2)19(13-21)15-26-20-6-3-17(4-7-20)12-25(28)27-14-18-5-9-23-24(11-18)32-16-31-23/h3-11,13,26H,12,14-16H2,1-2H3,(H,27,28). The number of carbonyl (C=O) groups is 1. The van der Waals surface area contributed by atoms with Gasteiger partial charge >= 0.3 is 0 Å². The van der Waals surface area contributed by atoms with Crippen molar-refractivity contribution < 1.29 is 23.7 Å². The van der Waals surface area contributed by atoms with E-state index in [4.69, 9.17) is 18.9 Å². The molecule has 0 aliphatic carbocycles. The Labute approximate surface area is 187 Å². The molecule has 7 heteroatoms. The molecule has 0 unspecified atom stereocenters. The third kappa shape index (κ3) is 5.24. The first-order valence-electron chi connectivity index (χ1n) is 10.3. The van der Waals surface area contributed by atoms with Gasteiger partial charge in [-0.3, -0.25) is 4.79 Å². The van der Waals surface area contributed by atoms with Crippen LogP contribution in [0.2, 0.25) is 0 Å². The number of hydrogen-bond donors (Lipinski definition) is 2. The predicted octanol–water partition coefficient (Wildman–Crippen LogP) is 3.90. The number of nitrogens with one attached hydrogen (secondary N) is 2. The summed E-state index contributed by atoms with van der Waals surface area (Å²) >= 11 is 0. The van der Waals surface area contributed by atoms with Crippen LogP contribution in [0.3, 0.4) is 0 Å². The average molecular weight is 434 g/mol. The van der Waals surface area contributed by atoms with Gasteiger partial charge in [0.25, 0.3) is 0 Å². The highest BCUT2D eigenvalue weighted by Crippen LogP contribution is 2.32. The highest BCUT2D eigenvalue weighted by molar-refractivity contribution is 5.78. The zero-order valence-corrected chi connectivity index (χ0v) is 18.1. The number of hydrogen-bond acceptors (Lipinski definition) is 6. The van der Waals surface area contributed by atoms with Crippen molar-refractivity contribution in [3.63, 3.8) is 0 Å². The lowest BCUT2D eigenvalue weighted by molar-refractivity contribution is -0.120. The number of ether oxygens (including phenoxy) is 4. The second kappa shape index (κ2) is 9.96. The molecule has 2 N–H and O–H groups in total. The van der Waals surface area contributed by atoms with Crippen molar-refractivity contribution in [3.05, 3.63) is 77.4 Å². The largest absolute Gasteiger partial charge is 0.497 e. The number of rotatable bonds is 9. The van der Waals surface area contributed by atoms with Gasteiger partial charge in [-0.25, -0.2) is 0 Å². The Hall–Kier alpha value is -3.87. The van der Waals surface area contributed by atoms with Crippen LogP contribution in [0.1, 0.15) is 16.7 Å². The molecular weight excluding hydrogens is 408 g/mol. The first-order chi connectivity index (χ1) is 15.6. The van der Waals surface area contributed by atoms with Crippen molar-refractivity contribution in [2.45, 2.75) is 19.5 Å². The second-order valence-electron chi connectivity index (χ2n) is 7.37. The van der Waals surface area contributed by atoms with Crippen LogP contribution in [-0.4, -0.2) is 26.9 Å². The summed E-state index contributed by atoms with van der Waals surface area (Å²) in [6, 6.07) is 19.2. The molecule has 4 rings (SSSR count). The monoisotopic (exact) mass is 434 g/mol. The summed E-state index contributed by atoms with van der Waals surface area (Å²) in [4.78, 5) is 12.3. The van der Waals surface area contributed by atoms with Crippen molar-refractivity contribution >= 4 is 11.6 Å². The Morgan fingerprint density at radius 1 is 0.875 bits per heavy atom. The van der Waals surface area contributed by atoms with E-state index in [1.807, 2.05) is 60.7 Å². The van der Waals surface area contributed by atoms with Crippen LogP contribution in [0.15, 0.2) is 60.7 Å². The van der Waals surface area contributed by atoms with Gasteiger partial charge in [0, 0.05) is 24.3 Å². The Morgan fingerprint density at radius 2 is 1.66 bits per heavy atom. The van der Waals surface area contributed by atoms with Gasteiger partial charge in [0.2, 0.25) is 12.7 Å². The zero-order chi connectivity index (χ0) is 22.3. The first kappa shape index (κ1) is 21.4. The molecule has 0 saturated heterocycles. The summed E-state index contributed by atoms with van der Waals surface area (Å²) in [6.45, 7) is 1.27. The van der Waals surface area contributed by atoms with Crippen LogP contribution in [0.4, 0.5) is 5.69 Å². The summed E-state index contributed by atoms with van der Waals surface area (Å²) in [7, 11) is 3.29. The van der Waals surface area contributed by atoms with Crippen LogP contribution in [-0.2, 0) is 24.3 Å². The average Bonchev–Trinajstić information content (AvgIpc) is 3.30. The third-order valence-electron chi connectivity index (χ3n) is 5.22. The normalized spacial score (nSPS) is 11.7. The van der Waals surface area contributed by atoms with Crippen molar-refractivity contribution in [2.75, 3.05) is 26.3 Å². The lowest BCUT2D eigenvalue weighted by atomic mass is 10.1. The minimum atomic E-state index is -0.0375. The second-order valence-corrected chi connectivity index (χ2v) is 7.37. The number of carbonyl (C=O) groups excluding carboxylic acids is 1. The number of anilines is 1. The number of methoxy groups -OCH3 is 2. The summed E-state index contributed by atoms with van der Waals surface area (Å²) in [5.41, 5.74) is 3.87. The van der Waals surface area contributed by atoms with Gasteiger partial charge in [0.1, 0.15) is 11.5 Å². The molecule has 7 nitrogen and oxygen atoms in total. The fraction of sp³-hybridized carbons (Fsp3) is 0.240. The molecule has 0 bridgehead atoms. The van der Waals surface area contributed by atoms with Gasteiger partial charge in [-0.05, 0) is 53.6 Å². The van der Waals surface area contributed by atoms with Crippen molar-refractivity contribution in [3.8, 4) is 23.0 Å². The maximum atomic E-state index is 12.3. The molecule has 1 amide bonds. The molecule has 3 aromatic carbocycles. The van der Waals surface area contributed by atoms with Crippen LogP contribution in [0.5, 0.6) is 23.0 Å². The topological polar surface area (TPSA) is 78.1 Å². The smallest absolute Gasteiger partial charge is 0.231 e. The molecule has 0 radical (unpaired) electrons. The minimum Gasteiger partial charge on any atom is -0.497 e. The van der Waals surface area contributed by atoms with Crippen molar-refractivity contribution in [1.82, 2.24) is 5.32 Å². The van der Waals surface area contributed by atoms with E-state index in [1.165, 1.54) is 0 Å². The van der Waals surface area contributed by atoms with E-state index < -0.39 is 0 Å². The van der Waals surface area contributed by atoms with Gasteiger partial charge in [0.05, 0.1) is 20.6 Å². The SMILES string of the molecule is COc1ccc(OC)c(CNc2ccc(CC(=O)NCc3ccc4c(c3)OCO4)cc2)c1. The Bertz CT molecular complexity index is 1080.